The number of carbonyl (C=O) groups is 1. The molecule has 1 unspecified atom stereocenters. The molecule has 1 amide bonds. The van der Waals surface area contributed by atoms with Crippen LogP contribution in [0.2, 0.25) is 0 Å². The summed E-state index contributed by atoms with van der Waals surface area (Å²) in [5.74, 6) is 1.76. The van der Waals surface area contributed by atoms with Crippen LogP contribution in [0.5, 0.6) is 0 Å². The number of nitrogens with zero attached hydrogens (tertiary/aromatic N) is 3. The first-order valence-corrected chi connectivity index (χ1v) is 9.47. The highest BCUT2D eigenvalue weighted by Crippen LogP contribution is 2.37. The van der Waals surface area contributed by atoms with Crippen molar-refractivity contribution in [1.29, 1.82) is 0 Å². The average Bonchev–Trinajstić information content (AvgIpc) is 3.33. The van der Waals surface area contributed by atoms with Crippen LogP contribution in [0.4, 0.5) is 0 Å². The highest BCUT2D eigenvalue weighted by molar-refractivity contribution is 5.95. The zero-order valence-corrected chi connectivity index (χ0v) is 15.2. The molecule has 0 bridgehead atoms. The van der Waals surface area contributed by atoms with Gasteiger partial charge in [-0.05, 0) is 49.8 Å². The van der Waals surface area contributed by atoms with E-state index in [0.29, 0.717) is 23.0 Å². The van der Waals surface area contributed by atoms with Gasteiger partial charge in [0, 0.05) is 17.7 Å². The van der Waals surface area contributed by atoms with E-state index in [1.807, 2.05) is 13.0 Å². The molecule has 0 saturated heterocycles. The Morgan fingerprint density at radius 3 is 2.93 bits per heavy atom. The minimum atomic E-state index is -0.0912. The number of nitrogens with one attached hydrogen (secondary N) is 2. The number of H-pyrrole nitrogens is 1. The molecule has 1 aromatic carbocycles. The molecule has 0 radical (unpaired) electrons. The SMILES string of the molecule is Cc1n[nH]cc1C(=O)NC1CCc2cc(-c3noc(C4CCC4)n3)ccc21. The highest BCUT2D eigenvalue weighted by atomic mass is 16.5. The molecule has 2 N–H and O–H groups in total. The van der Waals surface area contributed by atoms with E-state index in [2.05, 4.69) is 37.8 Å². The standard InChI is InChI=1S/C20H21N5O2/c1-11-16(10-21-24-11)19(26)22-17-8-6-13-9-14(5-7-15(13)17)18-23-20(27-25-18)12-3-2-4-12/h5,7,9-10,12,17H,2-4,6,8H2,1H3,(H,21,24)(H,22,26). The summed E-state index contributed by atoms with van der Waals surface area (Å²) in [7, 11) is 0. The summed E-state index contributed by atoms with van der Waals surface area (Å²) >= 11 is 0. The Kier molecular flexibility index (Phi) is 3.81. The Labute approximate surface area is 156 Å². The third-order valence-electron chi connectivity index (χ3n) is 5.76. The monoisotopic (exact) mass is 363 g/mol. The van der Waals surface area contributed by atoms with Crippen LogP contribution >= 0.6 is 0 Å². The zero-order valence-electron chi connectivity index (χ0n) is 15.2. The minimum Gasteiger partial charge on any atom is -0.345 e. The maximum absolute atomic E-state index is 12.5. The van der Waals surface area contributed by atoms with Crippen LogP contribution in [0.25, 0.3) is 11.4 Å². The Hall–Kier alpha value is -2.96. The van der Waals surface area contributed by atoms with Crippen LogP contribution in [0, 0.1) is 6.92 Å². The second-order valence-electron chi connectivity index (χ2n) is 7.45. The molecule has 2 aliphatic carbocycles. The molecule has 27 heavy (non-hydrogen) atoms. The second-order valence-corrected chi connectivity index (χ2v) is 7.45. The molecular weight excluding hydrogens is 342 g/mol. The summed E-state index contributed by atoms with van der Waals surface area (Å²) in [6.45, 7) is 1.82. The van der Waals surface area contributed by atoms with Crippen LogP contribution in [0.3, 0.4) is 0 Å². The van der Waals surface area contributed by atoms with Crippen molar-refractivity contribution in [3.05, 3.63) is 52.7 Å². The topological polar surface area (TPSA) is 96.7 Å². The predicted molar refractivity (Wildman–Crippen MR) is 98.2 cm³/mol. The van der Waals surface area contributed by atoms with E-state index in [0.717, 1.165) is 42.7 Å². The van der Waals surface area contributed by atoms with Gasteiger partial charge >= 0.3 is 0 Å². The Bertz CT molecular complexity index is 1000. The summed E-state index contributed by atoms with van der Waals surface area (Å²) in [5, 5.41) is 14.0. The number of aryl methyl sites for hydroxylation is 2. The van der Waals surface area contributed by atoms with E-state index >= 15 is 0 Å². The molecule has 5 rings (SSSR count). The van der Waals surface area contributed by atoms with Gasteiger partial charge in [-0.2, -0.15) is 10.1 Å². The molecule has 1 atom stereocenters. The van der Waals surface area contributed by atoms with E-state index in [-0.39, 0.29) is 11.9 Å². The van der Waals surface area contributed by atoms with E-state index in [1.165, 1.54) is 12.0 Å². The molecule has 138 valence electrons. The van der Waals surface area contributed by atoms with Gasteiger partial charge in [0.2, 0.25) is 11.7 Å². The smallest absolute Gasteiger partial charge is 0.255 e. The van der Waals surface area contributed by atoms with Gasteiger partial charge in [0.1, 0.15) is 0 Å². The van der Waals surface area contributed by atoms with Crippen molar-refractivity contribution in [1.82, 2.24) is 25.7 Å². The highest BCUT2D eigenvalue weighted by Gasteiger charge is 2.28. The van der Waals surface area contributed by atoms with Gasteiger partial charge in [0.05, 0.1) is 17.3 Å². The van der Waals surface area contributed by atoms with Gasteiger partial charge in [-0.25, -0.2) is 0 Å². The fraction of sp³-hybridized carbons (Fsp3) is 0.400. The van der Waals surface area contributed by atoms with Crippen molar-refractivity contribution in [2.45, 2.75) is 51.0 Å². The zero-order chi connectivity index (χ0) is 18.4. The van der Waals surface area contributed by atoms with Crippen molar-refractivity contribution in [2.24, 2.45) is 0 Å². The van der Waals surface area contributed by atoms with Crippen LogP contribution in [0.1, 0.15) is 70.7 Å². The van der Waals surface area contributed by atoms with Crippen LogP contribution in [-0.4, -0.2) is 26.2 Å². The second kappa shape index (κ2) is 6.33. The van der Waals surface area contributed by atoms with Crippen molar-refractivity contribution in [2.75, 3.05) is 0 Å². The van der Waals surface area contributed by atoms with Crippen LogP contribution in [0.15, 0.2) is 28.9 Å². The molecule has 3 aromatic rings. The molecule has 0 aliphatic heterocycles. The molecule has 7 nitrogen and oxygen atoms in total. The van der Waals surface area contributed by atoms with Gasteiger partial charge in [0.15, 0.2) is 0 Å². The van der Waals surface area contributed by atoms with Gasteiger partial charge < -0.3 is 9.84 Å². The summed E-state index contributed by atoms with van der Waals surface area (Å²) < 4.78 is 5.44. The molecule has 2 aliphatic rings. The van der Waals surface area contributed by atoms with Crippen molar-refractivity contribution >= 4 is 5.91 Å². The lowest BCUT2D eigenvalue weighted by Gasteiger charge is -2.20. The number of aromatic nitrogens is 4. The third-order valence-corrected chi connectivity index (χ3v) is 5.76. The Morgan fingerprint density at radius 1 is 1.30 bits per heavy atom. The molecule has 1 fully saturated rings. The number of rotatable bonds is 4. The van der Waals surface area contributed by atoms with Crippen molar-refractivity contribution in [3.8, 4) is 11.4 Å². The van der Waals surface area contributed by atoms with Crippen molar-refractivity contribution < 1.29 is 9.32 Å². The lowest BCUT2D eigenvalue weighted by Crippen LogP contribution is -2.27. The first kappa shape index (κ1) is 16.2. The van der Waals surface area contributed by atoms with Gasteiger partial charge in [0.25, 0.3) is 5.91 Å². The number of benzene rings is 1. The number of aromatic amines is 1. The van der Waals surface area contributed by atoms with Gasteiger partial charge in [-0.15, -0.1) is 0 Å². The van der Waals surface area contributed by atoms with Crippen LogP contribution < -0.4 is 5.32 Å². The van der Waals surface area contributed by atoms with Crippen LogP contribution in [-0.2, 0) is 6.42 Å². The largest absolute Gasteiger partial charge is 0.345 e. The molecule has 0 spiro atoms. The minimum absolute atomic E-state index is 0.0201. The van der Waals surface area contributed by atoms with Gasteiger partial charge in [-0.1, -0.05) is 23.7 Å². The molecule has 7 heteroatoms. The molecular formula is C20H21N5O2. The lowest BCUT2D eigenvalue weighted by atomic mass is 9.85. The number of amides is 1. The molecule has 2 aromatic heterocycles. The molecule has 1 saturated carbocycles. The average molecular weight is 363 g/mol. The molecule has 2 heterocycles. The van der Waals surface area contributed by atoms with E-state index in [4.69, 9.17) is 4.52 Å². The number of carbonyl (C=O) groups excluding carboxylic acids is 1. The maximum atomic E-state index is 12.5. The maximum Gasteiger partial charge on any atom is 0.255 e. The Balaban J connectivity index is 1.35. The number of hydrogen-bond donors (Lipinski definition) is 2. The normalized spacial score (nSPS) is 18.9. The fourth-order valence-electron chi connectivity index (χ4n) is 3.90. The number of hydrogen-bond acceptors (Lipinski definition) is 5. The summed E-state index contributed by atoms with van der Waals surface area (Å²) in [6.07, 6.45) is 6.98. The quantitative estimate of drug-likeness (QED) is 0.740. The summed E-state index contributed by atoms with van der Waals surface area (Å²) in [5.41, 5.74) is 4.67. The third kappa shape index (κ3) is 2.83. The fourth-order valence-corrected chi connectivity index (χ4v) is 3.90. The van der Waals surface area contributed by atoms with E-state index in [1.54, 1.807) is 6.20 Å². The lowest BCUT2D eigenvalue weighted by molar-refractivity contribution is 0.0936. The first-order chi connectivity index (χ1) is 13.2. The first-order valence-electron chi connectivity index (χ1n) is 9.47. The number of fused-ring (bicyclic) bond motifs is 1. The van der Waals surface area contributed by atoms with Crippen molar-refractivity contribution in [3.63, 3.8) is 0 Å². The summed E-state index contributed by atoms with van der Waals surface area (Å²) in [6, 6.07) is 6.23. The predicted octanol–water partition coefficient (Wildman–Crippen LogP) is 3.45. The van der Waals surface area contributed by atoms with E-state index < -0.39 is 0 Å². The van der Waals surface area contributed by atoms with Gasteiger partial charge in [-0.3, -0.25) is 9.89 Å². The summed E-state index contributed by atoms with van der Waals surface area (Å²) in [4.78, 5) is 17.1. The Morgan fingerprint density at radius 2 is 2.19 bits per heavy atom. The van der Waals surface area contributed by atoms with E-state index in [9.17, 15) is 4.79 Å².